The molecule has 1 aromatic carbocycles. The Morgan fingerprint density at radius 3 is 2.49 bits per heavy atom. The number of carbonyl (C=O) groups excluding carboxylic acids is 2. The number of nitrogens with zero attached hydrogens (tertiary/aromatic N) is 6. The number of rotatable bonds is 5. The molecule has 3 aromatic rings. The zero-order chi connectivity index (χ0) is 26.3. The van der Waals surface area contributed by atoms with Gasteiger partial charge in [0, 0.05) is 31.8 Å². The second kappa shape index (κ2) is 9.56. The maximum Gasteiger partial charge on any atom is 0.341 e. The highest BCUT2D eigenvalue weighted by Gasteiger charge is 2.39. The Morgan fingerprint density at radius 1 is 1.05 bits per heavy atom. The molecule has 0 aliphatic carbocycles. The summed E-state index contributed by atoms with van der Waals surface area (Å²) < 4.78 is 53.8. The summed E-state index contributed by atoms with van der Waals surface area (Å²) in [5.74, 6) is -2.92. The van der Waals surface area contributed by atoms with Crippen LogP contribution in [0.3, 0.4) is 0 Å². The molecule has 0 bridgehead atoms. The third-order valence-electron chi connectivity index (χ3n) is 6.11. The van der Waals surface area contributed by atoms with Gasteiger partial charge < -0.3 is 14.4 Å². The fourth-order valence-corrected chi connectivity index (χ4v) is 4.28. The number of hydrogen-bond donors (Lipinski definition) is 0. The Balaban J connectivity index is 1.27. The number of methoxy groups -OCH3 is 1. The molecular weight excluding hydrogens is 493 g/mol. The minimum absolute atomic E-state index is 0.105. The van der Waals surface area contributed by atoms with Crippen LogP contribution in [0.25, 0.3) is 11.4 Å². The number of hydrazone groups is 1. The zero-order valence-corrected chi connectivity index (χ0v) is 19.8. The highest BCUT2D eigenvalue weighted by atomic mass is 19.1. The van der Waals surface area contributed by atoms with Gasteiger partial charge in [0.05, 0.1) is 44.3 Å². The summed E-state index contributed by atoms with van der Waals surface area (Å²) in [6.45, 7) is 0.288. The van der Waals surface area contributed by atoms with Crippen molar-refractivity contribution in [3.63, 3.8) is 0 Å². The lowest BCUT2D eigenvalue weighted by Gasteiger charge is -2.41. The van der Waals surface area contributed by atoms with Gasteiger partial charge in [-0.2, -0.15) is 10.2 Å². The first kappa shape index (κ1) is 24.3. The molecule has 10 nitrogen and oxygen atoms in total. The van der Waals surface area contributed by atoms with Crippen molar-refractivity contribution in [1.29, 1.82) is 0 Å². The smallest absolute Gasteiger partial charge is 0.341 e. The molecule has 2 aliphatic heterocycles. The number of aromatic nitrogens is 3. The van der Waals surface area contributed by atoms with E-state index in [0.717, 1.165) is 12.3 Å². The molecule has 0 radical (unpaired) electrons. The fourth-order valence-electron chi connectivity index (χ4n) is 4.28. The van der Waals surface area contributed by atoms with Gasteiger partial charge in [-0.1, -0.05) is 0 Å². The summed E-state index contributed by atoms with van der Waals surface area (Å²) >= 11 is 0. The molecule has 2 aliphatic rings. The highest BCUT2D eigenvalue weighted by Crippen LogP contribution is 2.32. The van der Waals surface area contributed by atoms with Crippen LogP contribution >= 0.6 is 0 Å². The van der Waals surface area contributed by atoms with Crippen LogP contribution in [0.1, 0.15) is 28.4 Å². The lowest BCUT2D eigenvalue weighted by atomic mass is 10.0. The normalized spacial score (nSPS) is 17.2. The molecule has 0 saturated carbocycles. The van der Waals surface area contributed by atoms with Crippen molar-refractivity contribution in [2.75, 3.05) is 20.2 Å². The molecule has 0 unspecified atom stereocenters. The predicted molar refractivity (Wildman–Crippen MR) is 123 cm³/mol. The van der Waals surface area contributed by atoms with Crippen LogP contribution in [0.15, 0.2) is 41.8 Å². The van der Waals surface area contributed by atoms with Crippen LogP contribution in [0.5, 0.6) is 5.75 Å². The van der Waals surface area contributed by atoms with E-state index < -0.39 is 41.6 Å². The van der Waals surface area contributed by atoms with Gasteiger partial charge in [0.1, 0.15) is 29.0 Å². The number of urea groups is 1. The first-order valence-electron chi connectivity index (χ1n) is 11.2. The van der Waals surface area contributed by atoms with Gasteiger partial charge in [0.15, 0.2) is 11.6 Å². The molecule has 192 valence electrons. The van der Waals surface area contributed by atoms with Crippen molar-refractivity contribution in [2.24, 2.45) is 12.1 Å². The summed E-state index contributed by atoms with van der Waals surface area (Å²) in [7, 11) is 2.84. The Hall–Kier alpha value is -4.42. The fraction of sp³-hybridized carbons (Fsp3) is 0.292. The van der Waals surface area contributed by atoms with E-state index in [1.165, 1.54) is 52.3 Å². The van der Waals surface area contributed by atoms with Crippen LogP contribution in [-0.4, -0.2) is 69.2 Å². The van der Waals surface area contributed by atoms with Crippen LogP contribution in [0.4, 0.5) is 18.0 Å². The number of hydrogen-bond acceptors (Lipinski definition) is 7. The van der Waals surface area contributed by atoms with Crippen LogP contribution in [0.2, 0.25) is 0 Å². The zero-order valence-electron chi connectivity index (χ0n) is 19.8. The van der Waals surface area contributed by atoms with Crippen molar-refractivity contribution < 1.29 is 32.2 Å². The molecule has 1 atom stereocenters. The quantitative estimate of drug-likeness (QED) is 0.485. The number of ether oxygens (including phenoxy) is 2. The summed E-state index contributed by atoms with van der Waals surface area (Å²) in [6, 6.07) is 3.35. The Labute approximate surface area is 208 Å². The van der Waals surface area contributed by atoms with Crippen LogP contribution in [0, 0.1) is 17.5 Å². The van der Waals surface area contributed by atoms with E-state index in [-0.39, 0.29) is 30.1 Å². The second-order valence-corrected chi connectivity index (χ2v) is 8.55. The minimum atomic E-state index is -0.740. The van der Waals surface area contributed by atoms with E-state index in [0.29, 0.717) is 17.7 Å². The largest absolute Gasteiger partial charge is 0.483 e. The molecule has 1 saturated heterocycles. The maximum atomic E-state index is 14.5. The number of benzene rings is 1. The number of carbonyl (C=O) groups is 2. The van der Waals surface area contributed by atoms with Gasteiger partial charge in [0.2, 0.25) is 0 Å². The molecular formula is C24H21F3N6O4. The molecule has 37 heavy (non-hydrogen) atoms. The molecule has 0 spiro atoms. The lowest BCUT2D eigenvalue weighted by Crippen LogP contribution is -2.58. The van der Waals surface area contributed by atoms with Gasteiger partial charge in [-0.25, -0.2) is 27.8 Å². The van der Waals surface area contributed by atoms with Crippen molar-refractivity contribution in [1.82, 2.24) is 24.7 Å². The third-order valence-corrected chi connectivity index (χ3v) is 6.11. The third kappa shape index (κ3) is 4.59. The van der Waals surface area contributed by atoms with E-state index in [1.54, 1.807) is 7.05 Å². The van der Waals surface area contributed by atoms with E-state index in [2.05, 4.69) is 15.2 Å². The second-order valence-electron chi connectivity index (χ2n) is 8.55. The average Bonchev–Trinajstić information content (AvgIpc) is 3.48. The first-order valence-corrected chi connectivity index (χ1v) is 11.2. The monoisotopic (exact) mass is 514 g/mol. The van der Waals surface area contributed by atoms with Crippen molar-refractivity contribution >= 4 is 18.2 Å². The van der Waals surface area contributed by atoms with Crippen LogP contribution < -0.4 is 4.74 Å². The average molecular weight is 514 g/mol. The Kier molecular flexibility index (Phi) is 6.27. The van der Waals surface area contributed by atoms with Gasteiger partial charge in [-0.3, -0.25) is 9.67 Å². The predicted octanol–water partition coefficient (Wildman–Crippen LogP) is 3.30. The van der Waals surface area contributed by atoms with Crippen LogP contribution in [-0.2, 0) is 11.8 Å². The van der Waals surface area contributed by atoms with Crippen molar-refractivity contribution in [3.8, 4) is 17.1 Å². The van der Waals surface area contributed by atoms with E-state index >= 15 is 0 Å². The van der Waals surface area contributed by atoms with Crippen molar-refractivity contribution in [3.05, 3.63) is 65.2 Å². The molecule has 4 heterocycles. The van der Waals surface area contributed by atoms with Gasteiger partial charge in [-0.15, -0.1) is 0 Å². The van der Waals surface area contributed by atoms with E-state index in [1.807, 2.05) is 0 Å². The molecule has 2 amide bonds. The summed E-state index contributed by atoms with van der Waals surface area (Å²) in [5, 5.41) is 9.29. The first-order chi connectivity index (χ1) is 17.7. The van der Waals surface area contributed by atoms with E-state index in [9.17, 15) is 22.8 Å². The Bertz CT molecular complexity index is 1380. The SMILES string of the molecule is COC(=O)c1cnn(C)c1-c1cc(OC2CN(C(=O)N3N=CC[C@H]3c3cc(F)cc(F)c3)C2)c(F)cn1. The number of aryl methyl sites for hydroxylation is 1. The molecule has 1 fully saturated rings. The van der Waals surface area contributed by atoms with E-state index in [4.69, 9.17) is 9.47 Å². The summed E-state index contributed by atoms with van der Waals surface area (Å²) in [4.78, 5) is 30.5. The molecule has 0 N–H and O–H groups in total. The topological polar surface area (TPSA) is 102 Å². The number of amides is 2. The van der Waals surface area contributed by atoms with Gasteiger partial charge >= 0.3 is 12.0 Å². The summed E-state index contributed by atoms with van der Waals surface area (Å²) in [5.41, 5.74) is 1.04. The lowest BCUT2D eigenvalue weighted by molar-refractivity contribution is 0.0256. The number of likely N-dealkylation sites (tertiary alicyclic amines) is 1. The standard InChI is InChI=1S/C24H21F3N6O4/c1-31-22(17(9-30-31)23(34)36-2)19-8-21(18(27)10-28-19)37-16-11-32(12-16)24(35)33-20(3-4-29-33)13-5-14(25)7-15(26)6-13/h4-10,16,20H,3,11-12H2,1-2H3/t20-/m0/s1. The molecule has 13 heteroatoms. The highest BCUT2D eigenvalue weighted by molar-refractivity contribution is 5.95. The Morgan fingerprint density at radius 2 is 1.78 bits per heavy atom. The van der Waals surface area contributed by atoms with Crippen molar-refractivity contribution in [2.45, 2.75) is 18.6 Å². The maximum absolute atomic E-state index is 14.5. The number of pyridine rings is 1. The minimum Gasteiger partial charge on any atom is -0.483 e. The number of halogens is 3. The molecule has 2 aromatic heterocycles. The van der Waals surface area contributed by atoms with Gasteiger partial charge in [0.25, 0.3) is 0 Å². The molecule has 5 rings (SSSR count). The van der Waals surface area contributed by atoms with Gasteiger partial charge in [-0.05, 0) is 17.7 Å². The summed E-state index contributed by atoms with van der Waals surface area (Å²) in [6.07, 6.45) is 3.61. The number of esters is 1.